The summed E-state index contributed by atoms with van der Waals surface area (Å²) in [6.07, 6.45) is 2.98. The molecule has 1 amide bonds. The van der Waals surface area contributed by atoms with Crippen LogP contribution in [0.5, 0.6) is 0 Å². The molecule has 0 aromatic rings. The molecule has 0 saturated carbocycles. The third-order valence-electron chi connectivity index (χ3n) is 2.46. The van der Waals surface area contributed by atoms with Crippen LogP contribution in [-0.4, -0.2) is 62.4 Å². The van der Waals surface area contributed by atoms with Crippen LogP contribution >= 0.6 is 0 Å². The fourth-order valence-corrected chi connectivity index (χ4v) is 1.50. The lowest BCUT2D eigenvalue weighted by atomic mass is 10.3. The Hall–Kier alpha value is -0.650. The van der Waals surface area contributed by atoms with Crippen LogP contribution in [0.4, 0.5) is 0 Å². The van der Waals surface area contributed by atoms with Gasteiger partial charge < -0.3 is 15.2 Å². The highest BCUT2D eigenvalue weighted by molar-refractivity contribution is 5.77. The second-order valence-electron chi connectivity index (χ2n) is 4.05. The minimum atomic E-state index is 0.0191. The highest BCUT2D eigenvalue weighted by Gasteiger charge is 2.08. The number of hydrogen-bond donors (Lipinski definition) is 2. The Labute approximate surface area is 104 Å². The number of aliphatic hydroxyl groups excluding tert-OH is 1. The van der Waals surface area contributed by atoms with E-state index in [1.807, 2.05) is 4.90 Å². The van der Waals surface area contributed by atoms with Crippen LogP contribution in [-0.2, 0) is 9.53 Å². The maximum Gasteiger partial charge on any atom is 0.234 e. The van der Waals surface area contributed by atoms with Crippen molar-refractivity contribution in [2.24, 2.45) is 0 Å². The topological polar surface area (TPSA) is 61.8 Å². The van der Waals surface area contributed by atoms with Crippen LogP contribution in [0.15, 0.2) is 0 Å². The molecule has 0 aromatic heterocycles. The molecule has 5 nitrogen and oxygen atoms in total. The lowest BCUT2D eigenvalue weighted by molar-refractivity contribution is -0.122. The van der Waals surface area contributed by atoms with Gasteiger partial charge in [0.25, 0.3) is 0 Å². The number of amides is 1. The van der Waals surface area contributed by atoms with Gasteiger partial charge in [-0.15, -0.1) is 0 Å². The summed E-state index contributed by atoms with van der Waals surface area (Å²) in [7, 11) is 1.65. The van der Waals surface area contributed by atoms with Crippen molar-refractivity contribution in [2.45, 2.75) is 26.2 Å². The number of hydrogen-bond acceptors (Lipinski definition) is 4. The molecule has 0 atom stereocenters. The van der Waals surface area contributed by atoms with Crippen LogP contribution in [0, 0.1) is 0 Å². The molecule has 0 radical (unpaired) electrons. The van der Waals surface area contributed by atoms with Gasteiger partial charge in [0.15, 0.2) is 0 Å². The number of nitrogens with one attached hydrogen (secondary N) is 1. The first-order valence-corrected chi connectivity index (χ1v) is 6.33. The molecule has 0 spiro atoms. The number of unbranched alkanes of at least 4 members (excludes halogenated alkanes) is 1. The van der Waals surface area contributed by atoms with E-state index in [0.717, 1.165) is 25.8 Å². The molecule has 0 aromatic carbocycles. The first kappa shape index (κ1) is 16.4. The number of carbonyl (C=O) groups excluding carboxylic acids is 1. The summed E-state index contributed by atoms with van der Waals surface area (Å²) in [5.41, 5.74) is 0. The lowest BCUT2D eigenvalue weighted by Gasteiger charge is -2.20. The monoisotopic (exact) mass is 246 g/mol. The normalized spacial score (nSPS) is 10.8. The molecule has 0 heterocycles. The summed E-state index contributed by atoms with van der Waals surface area (Å²) in [5, 5.41) is 11.7. The fraction of sp³-hybridized carbons (Fsp3) is 0.917. The summed E-state index contributed by atoms with van der Waals surface area (Å²) < 4.78 is 4.90. The Kier molecular flexibility index (Phi) is 11.4. The van der Waals surface area contributed by atoms with Crippen molar-refractivity contribution in [3.05, 3.63) is 0 Å². The van der Waals surface area contributed by atoms with Crippen LogP contribution in [0.2, 0.25) is 0 Å². The van der Waals surface area contributed by atoms with E-state index in [-0.39, 0.29) is 12.5 Å². The van der Waals surface area contributed by atoms with Gasteiger partial charge in [-0.05, 0) is 19.4 Å². The summed E-state index contributed by atoms with van der Waals surface area (Å²) in [6.45, 7) is 5.31. The number of methoxy groups -OCH3 is 1. The number of rotatable bonds is 11. The number of carbonyl (C=O) groups is 1. The highest BCUT2D eigenvalue weighted by Crippen LogP contribution is 1.94. The van der Waals surface area contributed by atoms with Crippen molar-refractivity contribution in [3.63, 3.8) is 0 Å². The summed E-state index contributed by atoms with van der Waals surface area (Å²) in [6, 6.07) is 0. The molecule has 17 heavy (non-hydrogen) atoms. The maximum absolute atomic E-state index is 11.6. The molecule has 0 aliphatic rings. The fourth-order valence-electron chi connectivity index (χ4n) is 1.50. The quantitative estimate of drug-likeness (QED) is 0.512. The van der Waals surface area contributed by atoms with Crippen LogP contribution < -0.4 is 5.32 Å². The Morgan fingerprint density at radius 3 is 2.71 bits per heavy atom. The number of ether oxygens (including phenoxy) is 1. The zero-order valence-corrected chi connectivity index (χ0v) is 11.1. The van der Waals surface area contributed by atoms with Crippen molar-refractivity contribution >= 4 is 5.91 Å². The van der Waals surface area contributed by atoms with Gasteiger partial charge in [0, 0.05) is 26.8 Å². The van der Waals surface area contributed by atoms with E-state index in [1.54, 1.807) is 7.11 Å². The van der Waals surface area contributed by atoms with Gasteiger partial charge in [-0.3, -0.25) is 9.69 Å². The van der Waals surface area contributed by atoms with E-state index in [9.17, 15) is 4.79 Å². The molecule has 5 heteroatoms. The van der Waals surface area contributed by atoms with Gasteiger partial charge >= 0.3 is 0 Å². The molecular formula is C12H26N2O3. The number of nitrogens with zero attached hydrogens (tertiary/aromatic N) is 1. The first-order chi connectivity index (χ1) is 8.24. The smallest absolute Gasteiger partial charge is 0.234 e. The van der Waals surface area contributed by atoms with Gasteiger partial charge in [0.1, 0.15) is 0 Å². The van der Waals surface area contributed by atoms with E-state index >= 15 is 0 Å². The van der Waals surface area contributed by atoms with Crippen molar-refractivity contribution in [1.82, 2.24) is 10.2 Å². The first-order valence-electron chi connectivity index (χ1n) is 6.33. The largest absolute Gasteiger partial charge is 0.395 e. The summed E-state index contributed by atoms with van der Waals surface area (Å²) in [4.78, 5) is 13.6. The molecule has 0 unspecified atom stereocenters. The number of aliphatic hydroxyl groups is 1. The average molecular weight is 246 g/mol. The van der Waals surface area contributed by atoms with Crippen molar-refractivity contribution in [2.75, 3.05) is 46.5 Å². The minimum Gasteiger partial charge on any atom is -0.395 e. The minimum absolute atomic E-state index is 0.0191. The third kappa shape index (κ3) is 10.2. The molecule has 0 fully saturated rings. The predicted octanol–water partition coefficient (Wildman–Crippen LogP) is 0.234. The van der Waals surface area contributed by atoms with Gasteiger partial charge in [-0.2, -0.15) is 0 Å². The van der Waals surface area contributed by atoms with Gasteiger partial charge in [0.2, 0.25) is 5.91 Å². The van der Waals surface area contributed by atoms with E-state index in [1.165, 1.54) is 0 Å². The SMILES string of the molecule is CCCCN(CCO)CC(=O)NCCCOC. The Bertz CT molecular complexity index is 189. The molecule has 0 rings (SSSR count). The van der Waals surface area contributed by atoms with E-state index in [4.69, 9.17) is 9.84 Å². The third-order valence-corrected chi connectivity index (χ3v) is 2.46. The summed E-state index contributed by atoms with van der Waals surface area (Å²) >= 11 is 0. The second-order valence-corrected chi connectivity index (χ2v) is 4.05. The van der Waals surface area contributed by atoms with Crippen LogP contribution in [0.1, 0.15) is 26.2 Å². The molecule has 0 aliphatic heterocycles. The molecule has 102 valence electrons. The van der Waals surface area contributed by atoms with Crippen molar-refractivity contribution in [3.8, 4) is 0 Å². The van der Waals surface area contributed by atoms with Gasteiger partial charge in [-0.1, -0.05) is 13.3 Å². The van der Waals surface area contributed by atoms with E-state index in [0.29, 0.717) is 26.2 Å². The van der Waals surface area contributed by atoms with Crippen molar-refractivity contribution < 1.29 is 14.6 Å². The molecular weight excluding hydrogens is 220 g/mol. The lowest BCUT2D eigenvalue weighted by Crippen LogP contribution is -2.39. The zero-order chi connectivity index (χ0) is 12.9. The van der Waals surface area contributed by atoms with Gasteiger partial charge in [-0.25, -0.2) is 0 Å². The Morgan fingerprint density at radius 2 is 2.12 bits per heavy atom. The van der Waals surface area contributed by atoms with Gasteiger partial charge in [0.05, 0.1) is 13.2 Å². The molecule has 0 saturated heterocycles. The average Bonchev–Trinajstić information content (AvgIpc) is 2.32. The zero-order valence-electron chi connectivity index (χ0n) is 11.1. The van der Waals surface area contributed by atoms with E-state index < -0.39 is 0 Å². The molecule has 2 N–H and O–H groups in total. The molecule has 0 aliphatic carbocycles. The predicted molar refractivity (Wildman–Crippen MR) is 67.9 cm³/mol. The van der Waals surface area contributed by atoms with Crippen LogP contribution in [0.25, 0.3) is 0 Å². The van der Waals surface area contributed by atoms with Crippen LogP contribution in [0.3, 0.4) is 0 Å². The maximum atomic E-state index is 11.6. The van der Waals surface area contributed by atoms with Crippen molar-refractivity contribution in [1.29, 1.82) is 0 Å². The second kappa shape index (κ2) is 11.8. The molecule has 0 bridgehead atoms. The summed E-state index contributed by atoms with van der Waals surface area (Å²) in [5.74, 6) is 0.0191. The Morgan fingerprint density at radius 1 is 1.35 bits per heavy atom. The standard InChI is InChI=1S/C12H26N2O3/c1-3-4-7-14(8-9-15)11-12(16)13-6-5-10-17-2/h15H,3-11H2,1-2H3,(H,13,16). The van der Waals surface area contributed by atoms with E-state index in [2.05, 4.69) is 12.2 Å². The highest BCUT2D eigenvalue weighted by atomic mass is 16.5. The Balaban J connectivity index is 3.70.